The summed E-state index contributed by atoms with van der Waals surface area (Å²) in [5.74, 6) is 1.58. The summed E-state index contributed by atoms with van der Waals surface area (Å²) in [6.07, 6.45) is 3.50. The molecule has 10 aromatic rings. The Kier molecular flexibility index (Phi) is 45.7. The van der Waals surface area contributed by atoms with E-state index < -0.39 is 38.5 Å². The van der Waals surface area contributed by atoms with Crippen LogP contribution in [0.25, 0.3) is 0 Å². The van der Waals surface area contributed by atoms with Crippen LogP contribution in [-0.4, -0.2) is 200 Å². The predicted octanol–water partition coefficient (Wildman–Crippen LogP) is 20.2. The molecule has 10 atom stereocenters. The summed E-state index contributed by atoms with van der Waals surface area (Å²) in [6, 6.07) is 75.6. The Balaban J connectivity index is 0.000000189. The summed E-state index contributed by atoms with van der Waals surface area (Å²) in [5, 5.41) is 51.5. The van der Waals surface area contributed by atoms with Gasteiger partial charge in [0.1, 0.15) is 30.5 Å². The molecule has 0 spiro atoms. The third-order valence-corrected chi connectivity index (χ3v) is 26.2. The second-order valence-corrected chi connectivity index (χ2v) is 39.0. The quantitative estimate of drug-likeness (QED) is 0.0238. The maximum atomic E-state index is 12.0. The van der Waals surface area contributed by atoms with E-state index in [9.17, 15) is 27.0 Å². The summed E-state index contributed by atoms with van der Waals surface area (Å²) >= 11 is 38.2. The van der Waals surface area contributed by atoms with Gasteiger partial charge in [-0.1, -0.05) is 202 Å². The van der Waals surface area contributed by atoms with Crippen LogP contribution in [0, 0.1) is 13.8 Å². The number of aliphatic hydroxyl groups is 4. The lowest BCUT2D eigenvalue weighted by Crippen LogP contribution is -2.48. The van der Waals surface area contributed by atoms with Crippen molar-refractivity contribution < 1.29 is 79.2 Å². The Morgan fingerprint density at radius 1 is 0.429 bits per heavy atom. The number of aromatic hydroxyl groups is 1. The lowest BCUT2D eigenvalue weighted by molar-refractivity contribution is -0.189. The van der Waals surface area contributed by atoms with Gasteiger partial charge in [0.2, 0.25) is 0 Å². The molecule has 0 radical (unpaired) electrons. The molecule has 0 aliphatic carbocycles. The number of nitrogens with zero attached hydrogens (tertiary/aromatic N) is 5. The highest BCUT2D eigenvalue weighted by atomic mass is 35.5. The molecule has 10 aromatic carbocycles. The Morgan fingerprint density at radius 2 is 0.805 bits per heavy atom. The Bertz CT molecular complexity index is 5310. The standard InChI is InChI=1S/C31H36Cl2N2O3.C23H22Cl2N2O.C19H22Cl2N2O2.C15H22O5S.C10H14O4S.C3H8O2.H2S/c1-23(38-31-9-5-6-18-36-31)22-37-27-14-15-29(28(33)19-27)35-17-16-34(20-24-7-3-2-4-8-24)21-30(35)25-10-12-26(32)13-11-25;24-19-8-6-18(7-9-19)23-16-26(15-17-4-2-1-3-5-17)12-13-27(23)22-11-10-20(28)14-21(22)25;1-13(24)12-25-16-6-7-18(17(21)10-16)23-9-8-22-11-19(23)14-2-4-15(20)5-3-14;1-12-6-8-14(9-7-12)21(16,17)19-11-13(2)20-15-5-3-4-10-18-15;1-8-3-5-10(6-4-8)15(12,13)14-7-9(2)11;1-3(5)2-4;/h2-4,7-8,10-15,19,23,30-31H,5-6,9,16-18,20-22H2,1H3;1-11,14,23,28H,12-13,15-16H2;2-7,10,13,19,22,24H,8-9,11-12H2,1H3;6-9,13,15H,3-5,10-11H2,1-2H3;3-6,9,11H,7H2,1-2H3;3-5H,2H2,1H3;1H2/t23-,30-,31?;23-;13-,19-;13-,15?;9-;3-;/m000100./s1. The van der Waals surface area contributed by atoms with Gasteiger partial charge in [-0.05, 0) is 212 Å². The molecule has 133 heavy (non-hydrogen) atoms. The number of phenols is 1. The molecule has 5 aliphatic rings. The molecule has 23 nitrogen and oxygen atoms in total. The summed E-state index contributed by atoms with van der Waals surface area (Å²) in [5.41, 5.74) is 11.2. The molecule has 0 aromatic heterocycles. The van der Waals surface area contributed by atoms with Crippen molar-refractivity contribution in [3.05, 3.63) is 306 Å². The van der Waals surface area contributed by atoms with E-state index in [0.29, 0.717) is 34.0 Å². The maximum absolute atomic E-state index is 12.0. The van der Waals surface area contributed by atoms with E-state index in [1.54, 1.807) is 68.4 Å². The summed E-state index contributed by atoms with van der Waals surface area (Å²) in [4.78, 5) is 12.3. The van der Waals surface area contributed by atoms with Gasteiger partial charge in [-0.2, -0.15) is 30.3 Å². The lowest BCUT2D eigenvalue weighted by atomic mass is 10.0. The fourth-order valence-corrected chi connectivity index (χ4v) is 18.3. The topological polar surface area (TPSA) is 271 Å². The number of phenolic OH excluding ortho intramolecular Hbond substituents is 1. The average Bonchev–Trinajstić information content (AvgIpc) is 0.793. The zero-order valence-corrected chi connectivity index (χ0v) is 83.4. The lowest BCUT2D eigenvalue weighted by Gasteiger charge is -2.43. The minimum atomic E-state index is -3.73. The van der Waals surface area contributed by atoms with Gasteiger partial charge in [-0.15, -0.1) is 0 Å². The van der Waals surface area contributed by atoms with Gasteiger partial charge in [-0.25, -0.2) is 0 Å². The van der Waals surface area contributed by atoms with Gasteiger partial charge >= 0.3 is 0 Å². The fraction of sp³-hybridized carbons (Fsp3) is 0.406. The zero-order chi connectivity index (χ0) is 94.7. The molecule has 5 aliphatic heterocycles. The average molecular weight is 2010 g/mol. The molecule has 5 heterocycles. The monoisotopic (exact) mass is 2000 g/mol. The maximum Gasteiger partial charge on any atom is 0.297 e. The molecule has 2 unspecified atom stereocenters. The fourth-order valence-electron chi connectivity index (χ4n) is 15.1. The van der Waals surface area contributed by atoms with Gasteiger partial charge in [0.25, 0.3) is 20.2 Å². The first-order chi connectivity index (χ1) is 63.3. The zero-order valence-electron chi connectivity index (χ0n) is 76.2. The number of ether oxygens (including phenoxy) is 6. The molecule has 0 saturated carbocycles. The number of aryl methyl sites for hydroxylation is 2. The van der Waals surface area contributed by atoms with Crippen LogP contribution in [-0.2, 0) is 60.6 Å². The molecule has 0 amide bonds. The van der Waals surface area contributed by atoms with E-state index in [0.717, 1.165) is 166 Å². The highest BCUT2D eigenvalue weighted by Gasteiger charge is 2.34. The third-order valence-electron chi connectivity index (χ3n) is 22.0. The van der Waals surface area contributed by atoms with Crippen LogP contribution in [0.15, 0.2) is 246 Å². The highest BCUT2D eigenvalue weighted by molar-refractivity contribution is 7.87. The van der Waals surface area contributed by atoms with Crippen LogP contribution in [0.5, 0.6) is 17.2 Å². The summed E-state index contributed by atoms with van der Waals surface area (Å²) in [7, 11) is -7.47. The molecular weight excluding hydrogens is 1880 g/mol. The second-order valence-electron chi connectivity index (χ2n) is 33.2. The van der Waals surface area contributed by atoms with E-state index in [1.807, 2.05) is 93.6 Å². The van der Waals surface area contributed by atoms with Crippen molar-refractivity contribution in [2.75, 3.05) is 120 Å². The number of anilines is 3. The number of hydrogen-bond donors (Lipinski definition) is 6. The van der Waals surface area contributed by atoms with Gasteiger partial charge in [-0.3, -0.25) is 18.2 Å². The van der Waals surface area contributed by atoms with Crippen molar-refractivity contribution in [2.45, 2.75) is 171 Å². The minimum absolute atomic E-state index is 0. The van der Waals surface area contributed by atoms with Crippen molar-refractivity contribution in [3.63, 3.8) is 0 Å². The van der Waals surface area contributed by atoms with Crippen LogP contribution in [0.2, 0.25) is 30.1 Å². The summed E-state index contributed by atoms with van der Waals surface area (Å²) in [6.45, 7) is 23.9. The van der Waals surface area contributed by atoms with E-state index in [4.69, 9.17) is 118 Å². The molecule has 5 saturated heterocycles. The number of nitrogens with one attached hydrogen (secondary N) is 1. The van der Waals surface area contributed by atoms with Gasteiger partial charge in [0, 0.05) is 118 Å². The SMILES string of the molecule is C[C@@H](COc1ccc(N2CCN(Cc3ccccc3)C[C@H]2c2ccc(Cl)cc2)c(Cl)c1)OC1CCCCO1.C[C@H](O)CO.C[C@H](O)COc1ccc(N2CCNC[C@H]2c2ccc(Cl)cc2)c(Cl)c1.Cc1ccc(S(=O)(=O)OC[C@@H](C)OC2CCCCO2)cc1.Cc1ccc(S(=O)(=O)OC[C@H](C)O)cc1.Oc1ccc(N2CCN(Cc3ccccc3)C[C@H]2c2ccc(Cl)cc2)c(Cl)c1.S. The van der Waals surface area contributed by atoms with Crippen molar-refractivity contribution in [1.82, 2.24) is 15.1 Å². The molecular formula is C101H126Cl6N6O17S3. The third kappa shape index (κ3) is 36.4. The van der Waals surface area contributed by atoms with Crippen LogP contribution in [0.3, 0.4) is 0 Å². The van der Waals surface area contributed by atoms with E-state index in [2.05, 4.69) is 131 Å². The van der Waals surface area contributed by atoms with E-state index in [1.165, 1.54) is 53.8 Å². The molecule has 722 valence electrons. The van der Waals surface area contributed by atoms with Crippen LogP contribution in [0.4, 0.5) is 17.1 Å². The van der Waals surface area contributed by atoms with Crippen LogP contribution in [0.1, 0.15) is 130 Å². The van der Waals surface area contributed by atoms with E-state index >= 15 is 0 Å². The van der Waals surface area contributed by atoms with Crippen molar-refractivity contribution >= 4 is 120 Å². The first-order valence-corrected chi connectivity index (χ1v) is 49.7. The number of hydrogen-bond acceptors (Lipinski definition) is 23. The Labute approximate surface area is 822 Å². The number of halogens is 6. The normalized spacial score (nSPS) is 18.8. The first kappa shape index (κ1) is 109. The molecule has 0 bridgehead atoms. The molecule has 32 heteroatoms. The number of rotatable bonds is 29. The summed E-state index contributed by atoms with van der Waals surface area (Å²) < 4.78 is 91.1. The van der Waals surface area contributed by atoms with Gasteiger partial charge < -0.3 is 74.0 Å². The molecule has 6 N–H and O–H groups in total. The van der Waals surface area contributed by atoms with Crippen molar-refractivity contribution in [3.8, 4) is 17.2 Å². The van der Waals surface area contributed by atoms with E-state index in [-0.39, 0.29) is 98.4 Å². The number of piperazine rings is 3. The van der Waals surface area contributed by atoms with Gasteiger partial charge in [0.15, 0.2) is 12.6 Å². The number of benzene rings is 10. The highest BCUT2D eigenvalue weighted by Crippen LogP contribution is 2.42. The minimum Gasteiger partial charge on any atom is -0.508 e. The second kappa shape index (κ2) is 55.8. The van der Waals surface area contributed by atoms with Crippen LogP contribution >= 0.6 is 83.1 Å². The smallest absolute Gasteiger partial charge is 0.297 e. The van der Waals surface area contributed by atoms with Crippen molar-refractivity contribution in [2.24, 2.45) is 0 Å². The Morgan fingerprint density at radius 3 is 1.19 bits per heavy atom. The number of aliphatic hydroxyl groups excluding tert-OH is 4. The first-order valence-electron chi connectivity index (χ1n) is 44.6. The van der Waals surface area contributed by atoms with Crippen molar-refractivity contribution in [1.29, 1.82) is 0 Å². The van der Waals surface area contributed by atoms with Gasteiger partial charge in [0.05, 0.1) is 110 Å². The largest absolute Gasteiger partial charge is 0.508 e. The predicted molar refractivity (Wildman–Crippen MR) is 537 cm³/mol. The van der Waals surface area contributed by atoms with Crippen LogP contribution < -0.4 is 29.5 Å². The molecule has 15 rings (SSSR count). The Hall–Kier alpha value is -7.53. The molecule has 5 fully saturated rings.